The van der Waals surface area contributed by atoms with Crippen LogP contribution in [0.4, 0.5) is 10.5 Å². The molecule has 6 nitrogen and oxygen atoms in total. The summed E-state index contributed by atoms with van der Waals surface area (Å²) in [5, 5.41) is 2.47. The number of carbonyl (C=O) groups excluding carboxylic acids is 3. The summed E-state index contributed by atoms with van der Waals surface area (Å²) in [7, 11) is 0. The normalized spacial score (nSPS) is 14.2. The Morgan fingerprint density at radius 3 is 2.70 bits per heavy atom. The van der Waals surface area contributed by atoms with Crippen LogP contribution in [0.3, 0.4) is 0 Å². The van der Waals surface area contributed by atoms with Crippen LogP contribution in [-0.4, -0.2) is 47.5 Å². The van der Waals surface area contributed by atoms with Crippen LogP contribution >= 0.6 is 11.8 Å². The Bertz CT molecular complexity index is 506. The van der Waals surface area contributed by atoms with Gasteiger partial charge in [-0.3, -0.25) is 14.4 Å². The van der Waals surface area contributed by atoms with E-state index in [0.29, 0.717) is 18.0 Å². The molecule has 0 spiro atoms. The molecule has 20 heavy (non-hydrogen) atoms. The van der Waals surface area contributed by atoms with Gasteiger partial charge in [-0.2, -0.15) is 0 Å². The first-order valence-corrected chi connectivity index (χ1v) is 7.06. The number of anilines is 1. The average molecular weight is 294 g/mol. The molecular formula is C13H14N2O4S. The maximum absolute atomic E-state index is 11.5. The summed E-state index contributed by atoms with van der Waals surface area (Å²) in [5.74, 6) is -0.309. The molecule has 1 N–H and O–H groups in total. The van der Waals surface area contributed by atoms with E-state index in [-0.39, 0.29) is 18.4 Å². The number of ether oxygens (including phenoxy) is 1. The largest absolute Gasteiger partial charge is 0.454 e. The Kier molecular flexibility index (Phi) is 5.00. The van der Waals surface area contributed by atoms with Crippen LogP contribution < -0.4 is 5.32 Å². The average Bonchev–Trinajstić information content (AvgIpc) is 2.83. The number of hydrogen-bond acceptors (Lipinski definition) is 5. The van der Waals surface area contributed by atoms with Crippen molar-refractivity contribution in [1.82, 2.24) is 4.90 Å². The van der Waals surface area contributed by atoms with Crippen molar-refractivity contribution in [3.63, 3.8) is 0 Å². The standard InChI is InChI=1S/C13H14N2O4S/c16-11(14-10-4-2-1-3-5-10)9-19-12(17)8-15-6-7-20-13(15)18/h1-5H,6-9H2,(H,14,16). The molecule has 2 amide bonds. The van der Waals surface area contributed by atoms with E-state index in [2.05, 4.69) is 5.32 Å². The number of amides is 2. The van der Waals surface area contributed by atoms with Crippen molar-refractivity contribution in [1.29, 1.82) is 0 Å². The van der Waals surface area contributed by atoms with E-state index >= 15 is 0 Å². The van der Waals surface area contributed by atoms with Crippen LogP contribution in [-0.2, 0) is 14.3 Å². The van der Waals surface area contributed by atoms with Crippen LogP contribution in [0.1, 0.15) is 0 Å². The molecule has 106 valence electrons. The van der Waals surface area contributed by atoms with E-state index in [1.807, 2.05) is 6.07 Å². The molecular weight excluding hydrogens is 280 g/mol. The lowest BCUT2D eigenvalue weighted by atomic mass is 10.3. The molecule has 2 rings (SSSR count). The maximum atomic E-state index is 11.5. The second kappa shape index (κ2) is 6.95. The van der Waals surface area contributed by atoms with Crippen molar-refractivity contribution in [2.45, 2.75) is 0 Å². The van der Waals surface area contributed by atoms with Gasteiger partial charge in [0.15, 0.2) is 6.61 Å². The summed E-state index contributed by atoms with van der Waals surface area (Å²) in [6, 6.07) is 8.89. The summed E-state index contributed by atoms with van der Waals surface area (Å²) in [6.07, 6.45) is 0. The van der Waals surface area contributed by atoms with Gasteiger partial charge in [-0.15, -0.1) is 0 Å². The van der Waals surface area contributed by atoms with Crippen LogP contribution in [0.5, 0.6) is 0 Å². The fraction of sp³-hybridized carbons (Fsp3) is 0.308. The summed E-state index contributed by atoms with van der Waals surface area (Å²) in [6.45, 7) is 0.0716. The zero-order valence-electron chi connectivity index (χ0n) is 10.7. The highest BCUT2D eigenvalue weighted by Gasteiger charge is 2.24. The predicted molar refractivity (Wildman–Crippen MR) is 75.5 cm³/mol. The van der Waals surface area contributed by atoms with Crippen molar-refractivity contribution in [2.75, 3.05) is 30.8 Å². The fourth-order valence-corrected chi connectivity index (χ4v) is 2.46. The first-order valence-electron chi connectivity index (χ1n) is 6.07. The molecule has 1 aliphatic heterocycles. The Labute approximate surface area is 120 Å². The predicted octanol–water partition coefficient (Wildman–Crippen LogP) is 1.34. The van der Waals surface area contributed by atoms with E-state index in [1.165, 1.54) is 16.7 Å². The maximum Gasteiger partial charge on any atom is 0.326 e. The summed E-state index contributed by atoms with van der Waals surface area (Å²) in [4.78, 5) is 35.7. The Morgan fingerprint density at radius 1 is 1.30 bits per heavy atom. The second-order valence-electron chi connectivity index (χ2n) is 4.11. The lowest BCUT2D eigenvalue weighted by molar-refractivity contribution is -0.147. The highest BCUT2D eigenvalue weighted by molar-refractivity contribution is 8.13. The molecule has 0 bridgehead atoms. The third-order valence-corrected chi connectivity index (χ3v) is 3.48. The monoisotopic (exact) mass is 294 g/mol. The highest BCUT2D eigenvalue weighted by atomic mass is 32.2. The highest BCUT2D eigenvalue weighted by Crippen LogP contribution is 2.16. The first-order chi connectivity index (χ1) is 9.65. The third kappa shape index (κ3) is 4.27. The number of nitrogens with one attached hydrogen (secondary N) is 1. The molecule has 1 fully saturated rings. The van der Waals surface area contributed by atoms with Gasteiger partial charge >= 0.3 is 5.97 Å². The van der Waals surface area contributed by atoms with Crippen molar-refractivity contribution < 1.29 is 19.1 Å². The number of thioether (sulfide) groups is 1. The number of carbonyl (C=O) groups is 3. The van der Waals surface area contributed by atoms with E-state index in [0.717, 1.165) is 0 Å². The van der Waals surface area contributed by atoms with Gasteiger partial charge in [0.25, 0.3) is 11.1 Å². The fourth-order valence-electron chi connectivity index (χ4n) is 1.64. The van der Waals surface area contributed by atoms with Crippen molar-refractivity contribution >= 4 is 34.6 Å². The molecule has 1 aromatic rings. The molecule has 0 aromatic heterocycles. The molecule has 0 unspecified atom stereocenters. The van der Waals surface area contributed by atoms with Gasteiger partial charge in [0, 0.05) is 18.0 Å². The summed E-state index contributed by atoms with van der Waals surface area (Å²) in [5.41, 5.74) is 0.639. The van der Waals surface area contributed by atoms with Crippen molar-refractivity contribution in [2.24, 2.45) is 0 Å². The SMILES string of the molecule is O=C(COC(=O)CN1CCSC1=O)Nc1ccccc1. The quantitative estimate of drug-likeness (QED) is 0.829. The summed E-state index contributed by atoms with van der Waals surface area (Å²) < 4.78 is 4.83. The van der Waals surface area contributed by atoms with Gasteiger partial charge in [0.2, 0.25) is 0 Å². The Hall–Kier alpha value is -2.02. The van der Waals surface area contributed by atoms with Gasteiger partial charge < -0.3 is 15.0 Å². The molecule has 1 saturated heterocycles. The van der Waals surface area contributed by atoms with Crippen LogP contribution in [0.2, 0.25) is 0 Å². The van der Waals surface area contributed by atoms with Gasteiger partial charge in [0.1, 0.15) is 6.54 Å². The smallest absolute Gasteiger partial charge is 0.326 e. The molecule has 0 radical (unpaired) electrons. The number of hydrogen-bond donors (Lipinski definition) is 1. The molecule has 0 aliphatic carbocycles. The van der Waals surface area contributed by atoms with Gasteiger partial charge in [0.05, 0.1) is 0 Å². The molecule has 7 heteroatoms. The first kappa shape index (κ1) is 14.4. The molecule has 0 atom stereocenters. The Morgan fingerprint density at radius 2 is 2.05 bits per heavy atom. The number of nitrogens with zero attached hydrogens (tertiary/aromatic N) is 1. The van der Waals surface area contributed by atoms with E-state index in [4.69, 9.17) is 4.74 Å². The minimum atomic E-state index is -0.580. The lowest BCUT2D eigenvalue weighted by Gasteiger charge is -2.13. The number of benzene rings is 1. The lowest BCUT2D eigenvalue weighted by Crippen LogP contribution is -2.32. The number of para-hydroxylation sites is 1. The molecule has 0 saturated carbocycles. The van der Waals surface area contributed by atoms with Crippen LogP contribution in [0, 0.1) is 0 Å². The second-order valence-corrected chi connectivity index (χ2v) is 5.16. The van der Waals surface area contributed by atoms with Crippen LogP contribution in [0.25, 0.3) is 0 Å². The van der Waals surface area contributed by atoms with Crippen molar-refractivity contribution in [3.8, 4) is 0 Å². The molecule has 1 aliphatic rings. The minimum Gasteiger partial charge on any atom is -0.454 e. The summed E-state index contributed by atoms with van der Waals surface area (Å²) >= 11 is 1.17. The van der Waals surface area contributed by atoms with Gasteiger partial charge in [-0.05, 0) is 12.1 Å². The zero-order chi connectivity index (χ0) is 14.4. The van der Waals surface area contributed by atoms with E-state index in [9.17, 15) is 14.4 Å². The topological polar surface area (TPSA) is 75.7 Å². The number of esters is 1. The zero-order valence-corrected chi connectivity index (χ0v) is 11.5. The molecule has 1 heterocycles. The van der Waals surface area contributed by atoms with E-state index in [1.54, 1.807) is 24.3 Å². The van der Waals surface area contributed by atoms with Gasteiger partial charge in [-0.25, -0.2) is 0 Å². The Balaban J connectivity index is 1.70. The van der Waals surface area contributed by atoms with Gasteiger partial charge in [-0.1, -0.05) is 30.0 Å². The number of rotatable bonds is 5. The third-order valence-electron chi connectivity index (χ3n) is 2.59. The van der Waals surface area contributed by atoms with E-state index < -0.39 is 11.9 Å². The van der Waals surface area contributed by atoms with Crippen LogP contribution in [0.15, 0.2) is 30.3 Å². The minimum absolute atomic E-state index is 0.107. The van der Waals surface area contributed by atoms with Crippen molar-refractivity contribution in [3.05, 3.63) is 30.3 Å². The molecule has 1 aromatic carbocycles.